The smallest absolute Gasteiger partial charge is 0.0408 e. The number of halogens is 1. The van der Waals surface area contributed by atoms with Crippen LogP contribution >= 0.6 is 11.6 Å². The molecular weight excluding hydrogens is 266 g/mol. The van der Waals surface area contributed by atoms with Gasteiger partial charge in [0.1, 0.15) is 0 Å². The van der Waals surface area contributed by atoms with E-state index in [1.807, 2.05) is 18.2 Å². The maximum absolute atomic E-state index is 6.27. The van der Waals surface area contributed by atoms with Gasteiger partial charge in [-0.3, -0.25) is 0 Å². The molecule has 0 aliphatic heterocycles. The van der Waals surface area contributed by atoms with Crippen molar-refractivity contribution in [3.8, 4) is 0 Å². The molecule has 2 aromatic carbocycles. The van der Waals surface area contributed by atoms with E-state index < -0.39 is 0 Å². The summed E-state index contributed by atoms with van der Waals surface area (Å²) in [7, 11) is 0. The molecule has 2 aromatic rings. The summed E-state index contributed by atoms with van der Waals surface area (Å²) >= 11 is 5.99. The van der Waals surface area contributed by atoms with Crippen molar-refractivity contribution in [1.82, 2.24) is 0 Å². The molecule has 0 aliphatic rings. The van der Waals surface area contributed by atoms with Crippen LogP contribution in [0, 0.1) is 0 Å². The van der Waals surface area contributed by atoms with Crippen molar-refractivity contribution in [1.29, 1.82) is 0 Å². The van der Waals surface area contributed by atoms with Gasteiger partial charge in [0.25, 0.3) is 0 Å². The van der Waals surface area contributed by atoms with Crippen LogP contribution < -0.4 is 5.73 Å². The van der Waals surface area contributed by atoms with Gasteiger partial charge < -0.3 is 5.73 Å². The first-order valence-corrected chi connectivity index (χ1v) is 7.54. The van der Waals surface area contributed by atoms with Crippen molar-refractivity contribution in [3.05, 3.63) is 70.2 Å². The minimum atomic E-state index is 0.0789. The average molecular weight is 288 g/mol. The molecule has 20 heavy (non-hydrogen) atoms. The van der Waals surface area contributed by atoms with Gasteiger partial charge in [-0.25, -0.2) is 0 Å². The second-order valence-electron chi connectivity index (χ2n) is 5.60. The molecular formula is C18H22ClN. The molecule has 2 N–H and O–H groups in total. The Balaban J connectivity index is 1.96. The molecule has 0 radical (unpaired) electrons. The van der Waals surface area contributed by atoms with E-state index in [1.165, 1.54) is 16.7 Å². The lowest BCUT2D eigenvalue weighted by Crippen LogP contribution is -2.11. The van der Waals surface area contributed by atoms with Gasteiger partial charge in [0.15, 0.2) is 0 Å². The van der Waals surface area contributed by atoms with Crippen LogP contribution in [0.15, 0.2) is 48.5 Å². The summed E-state index contributed by atoms with van der Waals surface area (Å²) in [5.74, 6) is 0.562. The highest BCUT2D eigenvalue weighted by Crippen LogP contribution is 2.21. The molecule has 0 aliphatic carbocycles. The fraction of sp³-hybridized carbons (Fsp3) is 0.333. The summed E-state index contributed by atoms with van der Waals surface area (Å²) in [5.41, 5.74) is 10.1. The number of aryl methyl sites for hydroxylation is 1. The third kappa shape index (κ3) is 4.09. The van der Waals surface area contributed by atoms with E-state index in [1.54, 1.807) is 0 Å². The highest BCUT2D eigenvalue weighted by molar-refractivity contribution is 6.30. The van der Waals surface area contributed by atoms with Crippen LogP contribution in [0.1, 0.15) is 48.9 Å². The lowest BCUT2D eigenvalue weighted by molar-refractivity contribution is 0.651. The summed E-state index contributed by atoms with van der Waals surface area (Å²) in [6.45, 7) is 4.40. The van der Waals surface area contributed by atoms with Crippen molar-refractivity contribution in [2.75, 3.05) is 0 Å². The number of rotatable bonds is 5. The summed E-state index contributed by atoms with van der Waals surface area (Å²) < 4.78 is 0. The first-order valence-electron chi connectivity index (χ1n) is 7.16. The molecule has 1 unspecified atom stereocenters. The Morgan fingerprint density at radius 3 is 2.25 bits per heavy atom. The van der Waals surface area contributed by atoms with Crippen molar-refractivity contribution in [2.24, 2.45) is 5.73 Å². The van der Waals surface area contributed by atoms with Crippen LogP contribution in [-0.2, 0) is 6.42 Å². The SMILES string of the molecule is CC(C)c1ccc(C(N)CCc2cccc(Cl)c2)cc1. The normalized spacial score (nSPS) is 12.7. The first-order chi connectivity index (χ1) is 9.56. The van der Waals surface area contributed by atoms with E-state index >= 15 is 0 Å². The van der Waals surface area contributed by atoms with Gasteiger partial charge in [-0.15, -0.1) is 0 Å². The Morgan fingerprint density at radius 1 is 1.00 bits per heavy atom. The summed E-state index contributed by atoms with van der Waals surface area (Å²) in [4.78, 5) is 0. The third-order valence-corrected chi connectivity index (χ3v) is 3.90. The molecule has 0 spiro atoms. The third-order valence-electron chi connectivity index (χ3n) is 3.66. The molecule has 2 rings (SSSR count). The van der Waals surface area contributed by atoms with E-state index in [4.69, 9.17) is 17.3 Å². The van der Waals surface area contributed by atoms with E-state index in [0.717, 1.165) is 17.9 Å². The monoisotopic (exact) mass is 287 g/mol. The van der Waals surface area contributed by atoms with Gasteiger partial charge >= 0.3 is 0 Å². The summed E-state index contributed by atoms with van der Waals surface area (Å²) in [6, 6.07) is 16.7. The highest BCUT2D eigenvalue weighted by Gasteiger charge is 2.07. The van der Waals surface area contributed by atoms with Gasteiger partial charge in [-0.05, 0) is 47.6 Å². The maximum atomic E-state index is 6.27. The zero-order valence-electron chi connectivity index (χ0n) is 12.1. The zero-order chi connectivity index (χ0) is 14.5. The summed E-state index contributed by atoms with van der Waals surface area (Å²) in [6.07, 6.45) is 1.88. The Hall–Kier alpha value is -1.31. The Morgan fingerprint density at radius 2 is 1.65 bits per heavy atom. The van der Waals surface area contributed by atoms with Crippen LogP contribution in [0.5, 0.6) is 0 Å². The molecule has 0 bridgehead atoms. The number of nitrogens with two attached hydrogens (primary N) is 1. The molecule has 1 atom stereocenters. The average Bonchev–Trinajstić information content (AvgIpc) is 2.45. The molecule has 1 nitrogen and oxygen atoms in total. The number of hydrogen-bond acceptors (Lipinski definition) is 1. The molecule has 0 saturated heterocycles. The second-order valence-corrected chi connectivity index (χ2v) is 6.03. The van der Waals surface area contributed by atoms with Crippen molar-refractivity contribution in [2.45, 2.75) is 38.6 Å². The number of hydrogen-bond donors (Lipinski definition) is 1. The fourth-order valence-electron chi connectivity index (χ4n) is 2.31. The van der Waals surface area contributed by atoms with Crippen molar-refractivity contribution < 1.29 is 0 Å². The van der Waals surface area contributed by atoms with Crippen LogP contribution in [0.25, 0.3) is 0 Å². The van der Waals surface area contributed by atoms with Crippen LogP contribution in [-0.4, -0.2) is 0 Å². The first kappa shape index (κ1) is 15.1. The summed E-state index contributed by atoms with van der Waals surface area (Å²) in [5, 5.41) is 0.789. The lowest BCUT2D eigenvalue weighted by atomic mass is 9.96. The second kappa shape index (κ2) is 6.92. The Kier molecular flexibility index (Phi) is 5.22. The Bertz CT molecular complexity index is 546. The highest BCUT2D eigenvalue weighted by atomic mass is 35.5. The van der Waals surface area contributed by atoms with E-state index in [9.17, 15) is 0 Å². The van der Waals surface area contributed by atoms with Gasteiger partial charge in [0.2, 0.25) is 0 Å². The quantitative estimate of drug-likeness (QED) is 0.814. The topological polar surface area (TPSA) is 26.0 Å². The van der Waals surface area contributed by atoms with Crippen LogP contribution in [0.2, 0.25) is 5.02 Å². The zero-order valence-corrected chi connectivity index (χ0v) is 12.9. The molecule has 106 valence electrons. The number of benzene rings is 2. The molecule has 2 heteroatoms. The minimum absolute atomic E-state index is 0.0789. The predicted molar refractivity (Wildman–Crippen MR) is 87.2 cm³/mol. The van der Waals surface area contributed by atoms with Gasteiger partial charge in [-0.2, -0.15) is 0 Å². The van der Waals surface area contributed by atoms with Gasteiger partial charge in [0.05, 0.1) is 0 Å². The van der Waals surface area contributed by atoms with Gasteiger partial charge in [-0.1, -0.05) is 61.8 Å². The minimum Gasteiger partial charge on any atom is -0.324 e. The standard InChI is InChI=1S/C18H22ClN/c1-13(2)15-7-9-16(10-8-15)18(20)11-6-14-4-3-5-17(19)12-14/h3-5,7-10,12-13,18H,6,11,20H2,1-2H3. The predicted octanol–water partition coefficient (Wildman–Crippen LogP) is 5.10. The van der Waals surface area contributed by atoms with E-state index in [-0.39, 0.29) is 6.04 Å². The largest absolute Gasteiger partial charge is 0.324 e. The van der Waals surface area contributed by atoms with Crippen molar-refractivity contribution in [3.63, 3.8) is 0 Å². The molecule has 0 saturated carbocycles. The van der Waals surface area contributed by atoms with Crippen LogP contribution in [0.4, 0.5) is 0 Å². The van der Waals surface area contributed by atoms with Crippen molar-refractivity contribution >= 4 is 11.6 Å². The van der Waals surface area contributed by atoms with Gasteiger partial charge in [0, 0.05) is 11.1 Å². The molecule has 0 fully saturated rings. The maximum Gasteiger partial charge on any atom is 0.0408 e. The Labute approximate surface area is 126 Å². The van der Waals surface area contributed by atoms with E-state index in [2.05, 4.69) is 44.2 Å². The lowest BCUT2D eigenvalue weighted by Gasteiger charge is -2.14. The molecule has 0 amide bonds. The molecule has 0 aromatic heterocycles. The van der Waals surface area contributed by atoms with E-state index in [0.29, 0.717) is 5.92 Å². The molecule has 0 heterocycles. The fourth-order valence-corrected chi connectivity index (χ4v) is 2.52. The van der Waals surface area contributed by atoms with Crippen LogP contribution in [0.3, 0.4) is 0 Å².